The lowest BCUT2D eigenvalue weighted by atomic mass is 9.50. The SMILES string of the molecule is CCC(=O)NC(C#N)C1C2CC3CC(C2)CC1C3. The average Bonchev–Trinajstić information content (AvgIpc) is 2.35. The monoisotopic (exact) mass is 246 g/mol. The smallest absolute Gasteiger partial charge is 0.220 e. The van der Waals surface area contributed by atoms with E-state index < -0.39 is 0 Å². The summed E-state index contributed by atoms with van der Waals surface area (Å²) in [6, 6.07) is 2.12. The Hall–Kier alpha value is -1.04. The molecule has 4 aliphatic rings. The second-order valence-electron chi connectivity index (χ2n) is 6.54. The molecule has 4 fully saturated rings. The third-order valence-corrected chi connectivity index (χ3v) is 5.46. The number of carbonyl (C=O) groups is 1. The Morgan fingerprint density at radius 2 is 1.78 bits per heavy atom. The second kappa shape index (κ2) is 4.57. The molecule has 3 nitrogen and oxygen atoms in total. The highest BCUT2D eigenvalue weighted by Crippen LogP contribution is 2.57. The van der Waals surface area contributed by atoms with Gasteiger partial charge >= 0.3 is 0 Å². The lowest BCUT2D eigenvalue weighted by molar-refractivity contribution is -0.122. The molecule has 0 aromatic carbocycles. The maximum Gasteiger partial charge on any atom is 0.220 e. The number of amides is 1. The Labute approximate surface area is 109 Å². The zero-order valence-electron chi connectivity index (χ0n) is 11.1. The van der Waals surface area contributed by atoms with Gasteiger partial charge in [0, 0.05) is 6.42 Å². The van der Waals surface area contributed by atoms with Crippen LogP contribution < -0.4 is 5.32 Å². The Morgan fingerprint density at radius 1 is 1.22 bits per heavy atom. The van der Waals surface area contributed by atoms with Gasteiger partial charge in [-0.1, -0.05) is 6.92 Å². The third-order valence-electron chi connectivity index (χ3n) is 5.46. The van der Waals surface area contributed by atoms with Gasteiger partial charge < -0.3 is 5.32 Å². The van der Waals surface area contributed by atoms with E-state index in [0.29, 0.717) is 24.2 Å². The topological polar surface area (TPSA) is 52.9 Å². The minimum atomic E-state index is -0.243. The molecule has 98 valence electrons. The van der Waals surface area contributed by atoms with Crippen LogP contribution in [0.25, 0.3) is 0 Å². The highest BCUT2D eigenvalue weighted by Gasteiger charge is 2.50. The molecule has 0 aromatic rings. The van der Waals surface area contributed by atoms with E-state index in [-0.39, 0.29) is 11.9 Å². The predicted molar refractivity (Wildman–Crippen MR) is 68.4 cm³/mol. The van der Waals surface area contributed by atoms with Crippen molar-refractivity contribution in [3.05, 3.63) is 0 Å². The fourth-order valence-corrected chi connectivity index (χ4v) is 5.00. The summed E-state index contributed by atoms with van der Waals surface area (Å²) in [5.41, 5.74) is 0. The summed E-state index contributed by atoms with van der Waals surface area (Å²) in [7, 11) is 0. The van der Waals surface area contributed by atoms with E-state index in [1.54, 1.807) is 0 Å². The first-order valence-electron chi connectivity index (χ1n) is 7.40. The van der Waals surface area contributed by atoms with Crippen LogP contribution in [0.3, 0.4) is 0 Å². The molecule has 1 N–H and O–H groups in total. The van der Waals surface area contributed by atoms with E-state index >= 15 is 0 Å². The Balaban J connectivity index is 1.75. The molecule has 3 heteroatoms. The van der Waals surface area contributed by atoms with E-state index in [1.807, 2.05) is 6.92 Å². The first-order valence-corrected chi connectivity index (χ1v) is 7.40. The zero-order chi connectivity index (χ0) is 12.7. The van der Waals surface area contributed by atoms with E-state index in [9.17, 15) is 10.1 Å². The van der Waals surface area contributed by atoms with E-state index in [0.717, 1.165) is 11.8 Å². The van der Waals surface area contributed by atoms with Crippen LogP contribution in [0.4, 0.5) is 0 Å². The highest BCUT2D eigenvalue weighted by atomic mass is 16.1. The Kier molecular flexibility index (Phi) is 3.05. The number of nitriles is 1. The van der Waals surface area contributed by atoms with Gasteiger partial charge in [-0.05, 0) is 61.7 Å². The number of hydrogen-bond donors (Lipinski definition) is 1. The average molecular weight is 246 g/mol. The van der Waals surface area contributed by atoms with E-state index in [2.05, 4.69) is 11.4 Å². The van der Waals surface area contributed by atoms with Gasteiger partial charge in [0.1, 0.15) is 6.04 Å². The van der Waals surface area contributed by atoms with Crippen molar-refractivity contribution in [3.63, 3.8) is 0 Å². The van der Waals surface area contributed by atoms with Crippen molar-refractivity contribution in [2.45, 2.75) is 51.5 Å². The summed E-state index contributed by atoms with van der Waals surface area (Å²) in [5.74, 6) is 3.69. The van der Waals surface area contributed by atoms with Gasteiger partial charge in [0.25, 0.3) is 0 Å². The Morgan fingerprint density at radius 3 is 2.22 bits per heavy atom. The summed E-state index contributed by atoms with van der Waals surface area (Å²) in [4.78, 5) is 11.6. The summed E-state index contributed by atoms with van der Waals surface area (Å²) >= 11 is 0. The highest BCUT2D eigenvalue weighted by molar-refractivity contribution is 5.76. The fourth-order valence-electron chi connectivity index (χ4n) is 5.00. The van der Waals surface area contributed by atoms with Crippen LogP contribution in [0.2, 0.25) is 0 Å². The Bertz CT molecular complexity index is 356. The number of carbonyl (C=O) groups excluding carboxylic acids is 1. The standard InChI is InChI=1S/C15H22N2O/c1-2-14(18)17-13(8-16)15-11-4-9-3-10(6-11)7-12(15)5-9/h9-13,15H,2-7H2,1H3,(H,17,18). The summed E-state index contributed by atoms with van der Waals surface area (Å²) in [6.45, 7) is 1.85. The molecule has 4 rings (SSSR count). The van der Waals surface area contributed by atoms with Gasteiger partial charge in [-0.15, -0.1) is 0 Å². The summed E-state index contributed by atoms with van der Waals surface area (Å²) in [6.07, 6.45) is 7.12. The third kappa shape index (κ3) is 1.92. The van der Waals surface area contributed by atoms with Crippen molar-refractivity contribution in [3.8, 4) is 6.07 Å². The first-order chi connectivity index (χ1) is 8.71. The quantitative estimate of drug-likeness (QED) is 0.831. The summed E-state index contributed by atoms with van der Waals surface area (Å²) in [5, 5.41) is 12.3. The van der Waals surface area contributed by atoms with Crippen molar-refractivity contribution in [1.82, 2.24) is 5.32 Å². The van der Waals surface area contributed by atoms with Crippen LogP contribution in [0.15, 0.2) is 0 Å². The van der Waals surface area contributed by atoms with Crippen molar-refractivity contribution in [2.24, 2.45) is 29.6 Å². The van der Waals surface area contributed by atoms with Crippen molar-refractivity contribution >= 4 is 5.91 Å². The number of nitrogens with one attached hydrogen (secondary N) is 1. The molecule has 1 unspecified atom stereocenters. The van der Waals surface area contributed by atoms with Gasteiger partial charge in [0.2, 0.25) is 5.91 Å². The van der Waals surface area contributed by atoms with Crippen LogP contribution in [-0.4, -0.2) is 11.9 Å². The van der Waals surface area contributed by atoms with Crippen molar-refractivity contribution in [2.75, 3.05) is 0 Å². The molecule has 0 aliphatic heterocycles. The molecule has 0 aromatic heterocycles. The fraction of sp³-hybridized carbons (Fsp3) is 0.867. The molecule has 1 atom stereocenters. The van der Waals surface area contributed by atoms with Gasteiger partial charge in [-0.25, -0.2) is 0 Å². The molecule has 4 aliphatic carbocycles. The predicted octanol–water partition coefficient (Wildman–Crippen LogP) is 2.48. The lowest BCUT2D eigenvalue weighted by Crippen LogP contribution is -2.53. The first kappa shape index (κ1) is 12.0. The van der Waals surface area contributed by atoms with Crippen LogP contribution >= 0.6 is 0 Å². The minimum absolute atomic E-state index is 0.0235. The molecular weight excluding hydrogens is 224 g/mol. The number of nitrogens with zero attached hydrogens (tertiary/aromatic N) is 1. The molecule has 4 bridgehead atoms. The normalized spacial score (nSPS) is 42.3. The summed E-state index contributed by atoms with van der Waals surface area (Å²) < 4.78 is 0. The molecular formula is C15H22N2O. The number of hydrogen-bond acceptors (Lipinski definition) is 2. The molecule has 18 heavy (non-hydrogen) atoms. The molecule has 0 saturated heterocycles. The number of rotatable bonds is 3. The van der Waals surface area contributed by atoms with Crippen LogP contribution in [0.5, 0.6) is 0 Å². The minimum Gasteiger partial charge on any atom is -0.340 e. The second-order valence-corrected chi connectivity index (χ2v) is 6.54. The maximum absolute atomic E-state index is 11.6. The van der Waals surface area contributed by atoms with Gasteiger partial charge in [0.15, 0.2) is 0 Å². The lowest BCUT2D eigenvalue weighted by Gasteiger charge is -2.55. The van der Waals surface area contributed by atoms with Gasteiger partial charge in [0.05, 0.1) is 6.07 Å². The van der Waals surface area contributed by atoms with Crippen molar-refractivity contribution in [1.29, 1.82) is 5.26 Å². The molecule has 0 heterocycles. The van der Waals surface area contributed by atoms with Gasteiger partial charge in [-0.3, -0.25) is 4.79 Å². The van der Waals surface area contributed by atoms with E-state index in [1.165, 1.54) is 32.1 Å². The van der Waals surface area contributed by atoms with E-state index in [4.69, 9.17) is 0 Å². The van der Waals surface area contributed by atoms with Crippen LogP contribution in [0, 0.1) is 40.9 Å². The molecule has 4 saturated carbocycles. The molecule has 0 radical (unpaired) electrons. The largest absolute Gasteiger partial charge is 0.340 e. The maximum atomic E-state index is 11.6. The molecule has 1 amide bonds. The van der Waals surface area contributed by atoms with Crippen LogP contribution in [0.1, 0.15) is 45.4 Å². The van der Waals surface area contributed by atoms with Crippen molar-refractivity contribution < 1.29 is 4.79 Å². The zero-order valence-corrected chi connectivity index (χ0v) is 11.1. The molecule has 0 spiro atoms. The van der Waals surface area contributed by atoms with Crippen LogP contribution in [-0.2, 0) is 4.79 Å². The van der Waals surface area contributed by atoms with Gasteiger partial charge in [-0.2, -0.15) is 5.26 Å².